The van der Waals surface area contributed by atoms with E-state index in [0.717, 1.165) is 24.8 Å². The largest absolute Gasteiger partial charge is 0.381 e. The van der Waals surface area contributed by atoms with Crippen LogP contribution in [-0.2, 0) is 32.2 Å². The highest BCUT2D eigenvalue weighted by molar-refractivity contribution is 7.92. The van der Waals surface area contributed by atoms with Gasteiger partial charge in [0.15, 0.2) is 9.84 Å². The van der Waals surface area contributed by atoms with Crippen molar-refractivity contribution in [2.75, 3.05) is 19.8 Å². The first kappa shape index (κ1) is 22.0. The van der Waals surface area contributed by atoms with E-state index in [1.807, 2.05) is 11.0 Å². The van der Waals surface area contributed by atoms with Crippen molar-refractivity contribution in [3.8, 4) is 0 Å². The van der Waals surface area contributed by atoms with Crippen LogP contribution in [0.5, 0.6) is 0 Å². The first-order valence-electron chi connectivity index (χ1n) is 10.1. The number of amides is 1. The Hall–Kier alpha value is -1.70. The SMILES string of the molecule is CC(C)S(=O)(=O)c1ccc(CC(=O)N(CCc2cccs2)C2CCOCC2)cc1. The molecule has 0 bridgehead atoms. The third-order valence-corrected chi connectivity index (χ3v) is 8.47. The van der Waals surface area contributed by atoms with Crippen LogP contribution in [0.25, 0.3) is 0 Å². The van der Waals surface area contributed by atoms with E-state index in [2.05, 4.69) is 11.4 Å². The molecule has 1 aliphatic heterocycles. The van der Waals surface area contributed by atoms with Gasteiger partial charge in [-0.2, -0.15) is 0 Å². The highest BCUT2D eigenvalue weighted by atomic mass is 32.2. The van der Waals surface area contributed by atoms with Crippen molar-refractivity contribution < 1.29 is 17.9 Å². The van der Waals surface area contributed by atoms with Gasteiger partial charge in [-0.25, -0.2) is 8.42 Å². The van der Waals surface area contributed by atoms with Gasteiger partial charge in [0.1, 0.15) is 0 Å². The van der Waals surface area contributed by atoms with Gasteiger partial charge in [-0.05, 0) is 62.3 Å². The molecule has 0 radical (unpaired) electrons. The van der Waals surface area contributed by atoms with Crippen LogP contribution in [0.4, 0.5) is 0 Å². The Morgan fingerprint density at radius 1 is 1.17 bits per heavy atom. The number of benzene rings is 1. The number of rotatable bonds is 8. The van der Waals surface area contributed by atoms with Gasteiger partial charge < -0.3 is 9.64 Å². The number of sulfone groups is 1. The quantitative estimate of drug-likeness (QED) is 0.634. The Balaban J connectivity index is 1.69. The van der Waals surface area contributed by atoms with Gasteiger partial charge in [0.2, 0.25) is 5.91 Å². The molecule has 1 fully saturated rings. The van der Waals surface area contributed by atoms with Crippen molar-refractivity contribution in [1.82, 2.24) is 4.90 Å². The molecule has 0 saturated carbocycles. The molecule has 0 spiro atoms. The third kappa shape index (κ3) is 5.68. The van der Waals surface area contributed by atoms with Gasteiger partial charge in [-0.3, -0.25) is 4.79 Å². The van der Waals surface area contributed by atoms with Crippen LogP contribution in [0.15, 0.2) is 46.7 Å². The van der Waals surface area contributed by atoms with Gasteiger partial charge in [0.25, 0.3) is 0 Å². The summed E-state index contributed by atoms with van der Waals surface area (Å²) in [5.41, 5.74) is 0.839. The molecule has 0 aliphatic carbocycles. The van der Waals surface area contributed by atoms with Crippen LogP contribution >= 0.6 is 11.3 Å². The van der Waals surface area contributed by atoms with Crippen LogP contribution in [-0.4, -0.2) is 50.3 Å². The maximum Gasteiger partial charge on any atom is 0.227 e. The van der Waals surface area contributed by atoms with E-state index in [9.17, 15) is 13.2 Å². The molecule has 7 heteroatoms. The fourth-order valence-corrected chi connectivity index (χ4v) is 5.30. The molecule has 1 aromatic carbocycles. The zero-order valence-corrected chi connectivity index (χ0v) is 18.7. The second-order valence-corrected chi connectivity index (χ2v) is 11.2. The first-order valence-corrected chi connectivity index (χ1v) is 12.5. The molecule has 0 unspecified atom stereocenters. The van der Waals surface area contributed by atoms with Gasteiger partial charge in [-0.15, -0.1) is 11.3 Å². The summed E-state index contributed by atoms with van der Waals surface area (Å²) < 4.78 is 30.1. The van der Waals surface area contributed by atoms with Crippen molar-refractivity contribution in [1.29, 1.82) is 0 Å². The minimum absolute atomic E-state index is 0.0907. The molecule has 3 rings (SSSR count). The topological polar surface area (TPSA) is 63.7 Å². The fraction of sp³-hybridized carbons (Fsp3) is 0.500. The van der Waals surface area contributed by atoms with Crippen LogP contribution in [0, 0.1) is 0 Å². The zero-order valence-electron chi connectivity index (χ0n) is 17.0. The van der Waals surface area contributed by atoms with E-state index in [-0.39, 0.29) is 18.4 Å². The minimum Gasteiger partial charge on any atom is -0.381 e. The van der Waals surface area contributed by atoms with E-state index < -0.39 is 15.1 Å². The summed E-state index contributed by atoms with van der Waals surface area (Å²) in [5.74, 6) is 0.0907. The lowest BCUT2D eigenvalue weighted by Crippen LogP contribution is -2.45. The summed E-state index contributed by atoms with van der Waals surface area (Å²) >= 11 is 1.71. The Labute approximate surface area is 177 Å². The Bertz CT molecular complexity index is 883. The van der Waals surface area contributed by atoms with Crippen LogP contribution in [0.3, 0.4) is 0 Å². The molecule has 29 heavy (non-hydrogen) atoms. The Kier molecular flexibility index (Phi) is 7.49. The number of thiophene rings is 1. The molecule has 2 heterocycles. The lowest BCUT2D eigenvalue weighted by molar-refractivity contribution is -0.134. The van der Waals surface area contributed by atoms with Crippen molar-refractivity contribution in [3.05, 3.63) is 52.2 Å². The maximum atomic E-state index is 13.1. The second kappa shape index (κ2) is 9.87. The summed E-state index contributed by atoms with van der Waals surface area (Å²) in [4.78, 5) is 16.7. The van der Waals surface area contributed by atoms with Gasteiger partial charge >= 0.3 is 0 Å². The molecule has 1 saturated heterocycles. The molecule has 2 aromatic rings. The molecule has 0 atom stereocenters. The van der Waals surface area contributed by atoms with Gasteiger partial charge in [0, 0.05) is 30.7 Å². The number of hydrogen-bond acceptors (Lipinski definition) is 5. The van der Waals surface area contributed by atoms with Gasteiger partial charge in [0.05, 0.1) is 16.6 Å². The molecule has 158 valence electrons. The summed E-state index contributed by atoms with van der Waals surface area (Å²) in [5, 5.41) is 1.60. The van der Waals surface area contributed by atoms with E-state index >= 15 is 0 Å². The molecule has 1 amide bonds. The standard InChI is InChI=1S/C22H29NO4S2/c1-17(2)29(25,26)21-7-5-18(6-8-21)16-22(24)23(19-10-13-27-14-11-19)12-9-20-4-3-15-28-20/h3-8,15,17,19H,9-14,16H2,1-2H3. The van der Waals surface area contributed by atoms with Gasteiger partial charge in [-0.1, -0.05) is 18.2 Å². The monoisotopic (exact) mass is 435 g/mol. The summed E-state index contributed by atoms with van der Waals surface area (Å²) in [6.07, 6.45) is 2.86. The van der Waals surface area contributed by atoms with E-state index in [4.69, 9.17) is 4.74 Å². The van der Waals surface area contributed by atoms with E-state index in [0.29, 0.717) is 24.7 Å². The normalized spacial score (nSPS) is 15.6. The van der Waals surface area contributed by atoms with Crippen molar-refractivity contribution in [2.24, 2.45) is 0 Å². The number of carbonyl (C=O) groups is 1. The Morgan fingerprint density at radius 2 is 1.86 bits per heavy atom. The van der Waals surface area contributed by atoms with Crippen LogP contribution in [0.2, 0.25) is 0 Å². The molecule has 0 N–H and O–H groups in total. The molecular weight excluding hydrogens is 406 g/mol. The average molecular weight is 436 g/mol. The summed E-state index contributed by atoms with van der Waals surface area (Å²) in [6, 6.07) is 11.1. The molecule has 5 nitrogen and oxygen atoms in total. The average Bonchev–Trinajstić information content (AvgIpc) is 3.23. The summed E-state index contributed by atoms with van der Waals surface area (Å²) in [7, 11) is -3.30. The molecular formula is C22H29NO4S2. The van der Waals surface area contributed by atoms with Crippen LogP contribution < -0.4 is 0 Å². The number of ether oxygens (including phenoxy) is 1. The van der Waals surface area contributed by atoms with Crippen molar-refractivity contribution in [2.45, 2.75) is 55.7 Å². The first-order chi connectivity index (χ1) is 13.9. The zero-order chi connectivity index (χ0) is 20.9. The highest BCUT2D eigenvalue weighted by Gasteiger charge is 2.26. The lowest BCUT2D eigenvalue weighted by Gasteiger charge is -2.34. The molecule has 1 aromatic heterocycles. The predicted octanol–water partition coefficient (Wildman–Crippen LogP) is 3.72. The molecule has 1 aliphatic rings. The van der Waals surface area contributed by atoms with Crippen LogP contribution in [0.1, 0.15) is 37.1 Å². The minimum atomic E-state index is -3.30. The number of hydrogen-bond donors (Lipinski definition) is 0. The number of nitrogens with zero attached hydrogens (tertiary/aromatic N) is 1. The highest BCUT2D eigenvalue weighted by Crippen LogP contribution is 2.20. The number of carbonyl (C=O) groups excluding carboxylic acids is 1. The maximum absolute atomic E-state index is 13.1. The predicted molar refractivity (Wildman–Crippen MR) is 116 cm³/mol. The van der Waals surface area contributed by atoms with Crippen molar-refractivity contribution in [3.63, 3.8) is 0 Å². The smallest absolute Gasteiger partial charge is 0.227 e. The van der Waals surface area contributed by atoms with Crippen molar-refractivity contribution >= 4 is 27.1 Å². The van der Waals surface area contributed by atoms with E-state index in [1.54, 1.807) is 49.4 Å². The third-order valence-electron chi connectivity index (χ3n) is 5.36. The van der Waals surface area contributed by atoms with E-state index in [1.165, 1.54) is 4.88 Å². The fourth-order valence-electron chi connectivity index (χ4n) is 3.54. The summed E-state index contributed by atoms with van der Waals surface area (Å²) in [6.45, 7) is 5.42. The second-order valence-electron chi connectivity index (χ2n) is 7.67. The lowest BCUT2D eigenvalue weighted by atomic mass is 10.0. The Morgan fingerprint density at radius 3 is 2.45 bits per heavy atom.